The molecule has 2 heteroatoms. The van der Waals surface area contributed by atoms with E-state index >= 15 is 0 Å². The third-order valence-corrected chi connectivity index (χ3v) is 7.64. The molecule has 0 N–H and O–H groups in total. The monoisotopic (exact) mass is 500 g/mol. The molecule has 0 saturated heterocycles. The maximum atomic E-state index is 2.38. The fraction of sp³-hybridized carbons (Fsp3) is 0.0270. The third kappa shape index (κ3) is 4.17. The van der Waals surface area contributed by atoms with Crippen LogP contribution in [0.25, 0.3) is 49.7 Å². The van der Waals surface area contributed by atoms with Crippen LogP contribution in [0.3, 0.4) is 0 Å². The van der Waals surface area contributed by atoms with Crippen molar-refractivity contribution in [1.82, 2.24) is 4.57 Å². The molecule has 6 aromatic carbocycles. The molecule has 0 aliphatic rings. The molecule has 39 heavy (non-hydrogen) atoms. The Morgan fingerprint density at radius 3 is 1.54 bits per heavy atom. The van der Waals surface area contributed by atoms with Crippen molar-refractivity contribution in [1.29, 1.82) is 0 Å². The second-order valence-electron chi connectivity index (χ2n) is 9.94. The lowest BCUT2D eigenvalue weighted by molar-refractivity contribution is 1.17. The van der Waals surface area contributed by atoms with E-state index in [0.29, 0.717) is 0 Å². The molecule has 7 aromatic rings. The first-order valence-electron chi connectivity index (χ1n) is 13.3. The third-order valence-electron chi connectivity index (χ3n) is 7.64. The summed E-state index contributed by atoms with van der Waals surface area (Å²) < 4.78 is 2.38. The van der Waals surface area contributed by atoms with Crippen LogP contribution in [-0.2, 0) is 0 Å². The number of para-hydroxylation sites is 1. The van der Waals surface area contributed by atoms with Gasteiger partial charge in [-0.3, -0.25) is 0 Å². The quantitative estimate of drug-likeness (QED) is 0.228. The summed E-state index contributed by atoms with van der Waals surface area (Å²) in [6, 6.07) is 54.2. The van der Waals surface area contributed by atoms with Gasteiger partial charge in [-0.05, 0) is 64.7 Å². The topological polar surface area (TPSA) is 8.17 Å². The normalized spacial score (nSPS) is 11.2. The molecule has 7 rings (SSSR count). The van der Waals surface area contributed by atoms with Gasteiger partial charge in [0, 0.05) is 34.9 Å². The lowest BCUT2D eigenvalue weighted by Gasteiger charge is -2.20. The summed E-state index contributed by atoms with van der Waals surface area (Å²) in [7, 11) is 2.14. The van der Waals surface area contributed by atoms with E-state index in [9.17, 15) is 0 Å². The van der Waals surface area contributed by atoms with Gasteiger partial charge in [0.1, 0.15) is 0 Å². The van der Waals surface area contributed by atoms with E-state index in [1.54, 1.807) is 0 Å². The van der Waals surface area contributed by atoms with Crippen LogP contribution in [0.1, 0.15) is 0 Å². The van der Waals surface area contributed by atoms with E-state index in [1.807, 2.05) is 0 Å². The summed E-state index contributed by atoms with van der Waals surface area (Å²) in [5.41, 5.74) is 10.8. The van der Waals surface area contributed by atoms with Crippen LogP contribution in [0.5, 0.6) is 0 Å². The van der Waals surface area contributed by atoms with E-state index in [1.165, 1.54) is 44.1 Å². The molecule has 186 valence electrons. The number of rotatable bonds is 5. The number of aromatic nitrogens is 1. The average Bonchev–Trinajstić information content (AvgIpc) is 3.35. The Labute approximate surface area is 229 Å². The van der Waals surface area contributed by atoms with E-state index in [0.717, 1.165) is 17.1 Å². The maximum absolute atomic E-state index is 2.38. The number of anilines is 2. The Balaban J connectivity index is 1.30. The van der Waals surface area contributed by atoms with Crippen LogP contribution in [0.4, 0.5) is 11.4 Å². The van der Waals surface area contributed by atoms with Gasteiger partial charge in [0.15, 0.2) is 0 Å². The largest absolute Gasteiger partial charge is 0.345 e. The second-order valence-corrected chi connectivity index (χ2v) is 9.94. The summed E-state index contributed by atoms with van der Waals surface area (Å²) in [6.07, 6.45) is 0. The van der Waals surface area contributed by atoms with Crippen molar-refractivity contribution in [3.8, 4) is 27.9 Å². The highest BCUT2D eigenvalue weighted by atomic mass is 15.1. The number of hydrogen-bond acceptors (Lipinski definition) is 1. The predicted octanol–water partition coefficient (Wildman–Crippen LogP) is 9.89. The summed E-state index contributed by atoms with van der Waals surface area (Å²) in [4.78, 5) is 2.26. The number of fused-ring (bicyclic) bond motifs is 3. The molecule has 0 spiro atoms. The van der Waals surface area contributed by atoms with Gasteiger partial charge in [0.2, 0.25) is 0 Å². The minimum absolute atomic E-state index is 1.15. The van der Waals surface area contributed by atoms with Gasteiger partial charge in [0.05, 0.1) is 11.0 Å². The standard InChI is InChI=1S/C37H28N2/c1-38(31-20-16-29(17-21-31)27-10-4-2-5-11-27)33-24-25-35-34-14-8-9-15-36(34)39(37(35)26-33)32-22-18-30(19-23-32)28-12-6-3-7-13-28/h2-26H,1H3. The van der Waals surface area contributed by atoms with Gasteiger partial charge in [-0.2, -0.15) is 0 Å². The Bertz CT molecular complexity index is 1880. The molecule has 0 amide bonds. The Kier molecular flexibility index (Phi) is 5.71. The highest BCUT2D eigenvalue weighted by Gasteiger charge is 2.14. The van der Waals surface area contributed by atoms with Crippen molar-refractivity contribution in [2.75, 3.05) is 11.9 Å². The Morgan fingerprint density at radius 2 is 0.897 bits per heavy atom. The molecule has 0 fully saturated rings. The highest BCUT2D eigenvalue weighted by molar-refractivity contribution is 6.10. The number of nitrogens with zero attached hydrogens (tertiary/aromatic N) is 2. The zero-order chi connectivity index (χ0) is 26.2. The van der Waals surface area contributed by atoms with Gasteiger partial charge in [-0.25, -0.2) is 0 Å². The molecule has 0 saturated carbocycles. The van der Waals surface area contributed by atoms with E-state index in [2.05, 4.69) is 168 Å². The molecular formula is C37H28N2. The van der Waals surface area contributed by atoms with Gasteiger partial charge < -0.3 is 9.47 Å². The summed E-state index contributed by atoms with van der Waals surface area (Å²) in [6.45, 7) is 0. The zero-order valence-corrected chi connectivity index (χ0v) is 21.8. The lowest BCUT2D eigenvalue weighted by atomic mass is 10.1. The van der Waals surface area contributed by atoms with Crippen molar-refractivity contribution in [2.45, 2.75) is 0 Å². The zero-order valence-electron chi connectivity index (χ0n) is 21.8. The van der Waals surface area contributed by atoms with E-state index < -0.39 is 0 Å². The summed E-state index contributed by atoms with van der Waals surface area (Å²) >= 11 is 0. The van der Waals surface area contributed by atoms with Crippen molar-refractivity contribution >= 4 is 33.2 Å². The van der Waals surface area contributed by atoms with E-state index in [4.69, 9.17) is 0 Å². The SMILES string of the molecule is CN(c1ccc(-c2ccccc2)cc1)c1ccc2c3ccccc3n(-c3ccc(-c4ccccc4)cc3)c2c1. The first-order chi connectivity index (χ1) is 19.3. The number of hydrogen-bond donors (Lipinski definition) is 0. The van der Waals surface area contributed by atoms with Crippen LogP contribution in [0, 0.1) is 0 Å². The molecule has 0 radical (unpaired) electrons. The van der Waals surface area contributed by atoms with Crippen LogP contribution >= 0.6 is 0 Å². The van der Waals surface area contributed by atoms with Crippen LogP contribution < -0.4 is 4.90 Å². The van der Waals surface area contributed by atoms with Gasteiger partial charge in [0.25, 0.3) is 0 Å². The van der Waals surface area contributed by atoms with Crippen LogP contribution in [-0.4, -0.2) is 11.6 Å². The first kappa shape index (κ1) is 23.1. The molecule has 1 aromatic heterocycles. The molecule has 0 atom stereocenters. The van der Waals surface area contributed by atoms with Crippen molar-refractivity contribution in [3.63, 3.8) is 0 Å². The molecule has 0 aliphatic carbocycles. The second kappa shape index (κ2) is 9.66. The molecule has 2 nitrogen and oxygen atoms in total. The fourth-order valence-corrected chi connectivity index (χ4v) is 5.54. The molecule has 1 heterocycles. The molecule has 0 aliphatic heterocycles. The van der Waals surface area contributed by atoms with Crippen molar-refractivity contribution in [2.24, 2.45) is 0 Å². The minimum Gasteiger partial charge on any atom is -0.345 e. The lowest BCUT2D eigenvalue weighted by Crippen LogP contribution is -2.09. The summed E-state index contributed by atoms with van der Waals surface area (Å²) in [5.74, 6) is 0. The Hall–Kier alpha value is -5.08. The highest BCUT2D eigenvalue weighted by Crippen LogP contribution is 2.36. The van der Waals surface area contributed by atoms with Crippen molar-refractivity contribution < 1.29 is 0 Å². The Morgan fingerprint density at radius 1 is 0.410 bits per heavy atom. The van der Waals surface area contributed by atoms with Crippen molar-refractivity contribution in [3.05, 3.63) is 152 Å². The molecule has 0 bridgehead atoms. The smallest absolute Gasteiger partial charge is 0.0561 e. The van der Waals surface area contributed by atoms with Gasteiger partial charge in [-0.15, -0.1) is 0 Å². The molecule has 0 unspecified atom stereocenters. The van der Waals surface area contributed by atoms with Gasteiger partial charge >= 0.3 is 0 Å². The molecular weight excluding hydrogens is 472 g/mol. The fourth-order valence-electron chi connectivity index (χ4n) is 5.54. The van der Waals surface area contributed by atoms with E-state index in [-0.39, 0.29) is 0 Å². The van der Waals surface area contributed by atoms with Gasteiger partial charge in [-0.1, -0.05) is 109 Å². The number of benzene rings is 6. The minimum atomic E-state index is 1.15. The van der Waals surface area contributed by atoms with Crippen LogP contribution in [0.15, 0.2) is 152 Å². The predicted molar refractivity (Wildman–Crippen MR) is 166 cm³/mol. The van der Waals surface area contributed by atoms with Crippen LogP contribution in [0.2, 0.25) is 0 Å². The first-order valence-corrected chi connectivity index (χ1v) is 13.3. The average molecular weight is 501 g/mol. The maximum Gasteiger partial charge on any atom is 0.0561 e. The summed E-state index contributed by atoms with van der Waals surface area (Å²) in [5, 5.41) is 2.52.